The normalized spacial score (nSPS) is 15.0. The molecule has 0 N–H and O–H groups in total. The Kier molecular flexibility index (Phi) is 8.01. The number of hydrogen-bond acceptors (Lipinski definition) is 6. The van der Waals surface area contributed by atoms with Gasteiger partial charge in [-0.15, -0.1) is 0 Å². The maximum Gasteiger partial charge on any atom is 0.338 e. The molecule has 218 valence electrons. The number of nitrogens with zero attached hydrogens (tertiary/aromatic N) is 3. The van der Waals surface area contributed by atoms with Crippen LogP contribution in [0.1, 0.15) is 36.6 Å². The van der Waals surface area contributed by atoms with Gasteiger partial charge in [-0.05, 0) is 49.8 Å². The van der Waals surface area contributed by atoms with Crippen molar-refractivity contribution in [2.24, 2.45) is 4.99 Å². The van der Waals surface area contributed by atoms with E-state index >= 15 is 0 Å². The minimum Gasteiger partial charge on any atom is -0.496 e. The average Bonchev–Trinajstić information content (AvgIpc) is 3.50. The third kappa shape index (κ3) is 5.31. The zero-order valence-corrected chi connectivity index (χ0v) is 26.0. The van der Waals surface area contributed by atoms with Crippen LogP contribution < -0.4 is 19.6 Å². The van der Waals surface area contributed by atoms with E-state index in [0.717, 1.165) is 22.0 Å². The Morgan fingerprint density at radius 2 is 1.86 bits per heavy atom. The van der Waals surface area contributed by atoms with Crippen molar-refractivity contribution in [3.63, 3.8) is 0 Å². The lowest BCUT2D eigenvalue weighted by Gasteiger charge is -2.25. The highest BCUT2D eigenvalue weighted by Gasteiger charge is 2.35. The topological polar surface area (TPSA) is 74.8 Å². The molecule has 0 aliphatic carbocycles. The van der Waals surface area contributed by atoms with Crippen LogP contribution in [0.3, 0.4) is 0 Å². The van der Waals surface area contributed by atoms with Crippen LogP contribution in [0.2, 0.25) is 10.0 Å². The monoisotopic (exact) mass is 631 g/mol. The Balaban J connectivity index is 1.53. The van der Waals surface area contributed by atoms with Gasteiger partial charge in [-0.2, -0.15) is 0 Å². The fourth-order valence-corrected chi connectivity index (χ4v) is 6.98. The van der Waals surface area contributed by atoms with E-state index in [0.29, 0.717) is 48.5 Å². The molecule has 0 fully saturated rings. The first-order chi connectivity index (χ1) is 20.8. The molecule has 0 amide bonds. The highest BCUT2D eigenvalue weighted by atomic mass is 35.5. The van der Waals surface area contributed by atoms with Crippen molar-refractivity contribution in [1.29, 1.82) is 0 Å². The molecule has 0 bridgehead atoms. The zero-order chi connectivity index (χ0) is 30.2. The molecular weight excluding hydrogens is 605 g/mol. The lowest BCUT2D eigenvalue weighted by Crippen LogP contribution is -2.40. The maximum atomic E-state index is 14.2. The van der Waals surface area contributed by atoms with Gasteiger partial charge in [0.2, 0.25) is 0 Å². The lowest BCUT2D eigenvalue weighted by molar-refractivity contribution is -0.139. The Morgan fingerprint density at radius 1 is 1.09 bits per heavy atom. The molecule has 43 heavy (non-hydrogen) atoms. The molecule has 6 rings (SSSR count). The minimum atomic E-state index is -0.762. The quantitative estimate of drug-likeness (QED) is 0.203. The number of thiazole rings is 1. The number of hydrogen-bond donors (Lipinski definition) is 0. The van der Waals surface area contributed by atoms with Gasteiger partial charge in [0.1, 0.15) is 11.8 Å². The predicted molar refractivity (Wildman–Crippen MR) is 171 cm³/mol. The summed E-state index contributed by atoms with van der Waals surface area (Å²) in [5.41, 5.74) is 4.02. The number of carbonyl (C=O) groups excluding carboxylic acids is 1. The molecule has 2 aromatic heterocycles. The van der Waals surface area contributed by atoms with Gasteiger partial charge in [-0.25, -0.2) is 9.79 Å². The second kappa shape index (κ2) is 11.9. The van der Waals surface area contributed by atoms with Crippen LogP contribution in [0.5, 0.6) is 5.75 Å². The summed E-state index contributed by atoms with van der Waals surface area (Å²) in [6, 6.07) is 20.1. The second-order valence-corrected chi connectivity index (χ2v) is 11.9. The fraction of sp³-hybridized carbons (Fsp3) is 0.182. The molecule has 7 nitrogen and oxygen atoms in total. The van der Waals surface area contributed by atoms with Crippen LogP contribution in [-0.4, -0.2) is 28.8 Å². The molecular formula is C33H27Cl2N3O4S. The van der Waals surface area contributed by atoms with E-state index in [1.165, 1.54) is 11.3 Å². The number of halogens is 2. The number of methoxy groups -OCH3 is 1. The van der Waals surface area contributed by atoms with E-state index in [9.17, 15) is 9.59 Å². The van der Waals surface area contributed by atoms with Gasteiger partial charge in [-0.1, -0.05) is 77.0 Å². The first kappa shape index (κ1) is 29.0. The maximum absolute atomic E-state index is 14.2. The van der Waals surface area contributed by atoms with E-state index in [1.807, 2.05) is 72.9 Å². The fourth-order valence-electron chi connectivity index (χ4n) is 5.47. The van der Waals surface area contributed by atoms with Crippen molar-refractivity contribution in [2.45, 2.75) is 26.4 Å². The summed E-state index contributed by atoms with van der Waals surface area (Å²) in [6.07, 6.45) is 3.90. The molecule has 0 radical (unpaired) electrons. The zero-order valence-electron chi connectivity index (χ0n) is 23.6. The number of ether oxygens (including phenoxy) is 2. The number of allylic oxidation sites excluding steroid dienone is 1. The van der Waals surface area contributed by atoms with Crippen LogP contribution >= 0.6 is 34.5 Å². The lowest BCUT2D eigenvalue weighted by atomic mass is 9.95. The Hall–Kier alpha value is -4.11. The summed E-state index contributed by atoms with van der Waals surface area (Å²) in [6.45, 7) is 4.24. The summed E-state index contributed by atoms with van der Waals surface area (Å²) in [4.78, 5) is 32.6. The number of para-hydroxylation sites is 2. The van der Waals surface area contributed by atoms with Crippen LogP contribution in [0.15, 0.2) is 94.0 Å². The van der Waals surface area contributed by atoms with Crippen molar-refractivity contribution >= 4 is 57.5 Å². The van der Waals surface area contributed by atoms with E-state index in [4.69, 9.17) is 37.7 Å². The number of esters is 1. The molecule has 0 unspecified atom stereocenters. The van der Waals surface area contributed by atoms with Gasteiger partial charge < -0.3 is 14.0 Å². The largest absolute Gasteiger partial charge is 0.496 e. The number of benzene rings is 3. The summed E-state index contributed by atoms with van der Waals surface area (Å²) >= 11 is 13.9. The predicted octanol–water partition coefficient (Wildman–Crippen LogP) is 6.12. The van der Waals surface area contributed by atoms with Gasteiger partial charge >= 0.3 is 5.97 Å². The van der Waals surface area contributed by atoms with Crippen LogP contribution in [0, 0.1) is 0 Å². The average molecular weight is 633 g/mol. The van der Waals surface area contributed by atoms with Gasteiger partial charge in [0.25, 0.3) is 5.56 Å². The highest BCUT2D eigenvalue weighted by molar-refractivity contribution is 7.07. The van der Waals surface area contributed by atoms with Crippen LogP contribution in [-0.2, 0) is 16.1 Å². The summed E-state index contributed by atoms with van der Waals surface area (Å²) < 4.78 is 15.2. The smallest absolute Gasteiger partial charge is 0.338 e. The number of carbonyl (C=O) groups is 1. The standard InChI is InChI=1S/C33H27Cl2N3O4S/c1-4-42-32(40)29-19(2)36-33-38(30(29)24-10-6-8-12-27(24)41-3)31(39)28(43-33)15-21-18-37(26-11-7-5-9-23(21)26)17-20-13-14-22(34)16-25(20)35/h5-16,18,30H,4,17H2,1-3H3/t30-/m1/s1. The molecule has 1 atom stereocenters. The third-order valence-electron chi connectivity index (χ3n) is 7.41. The molecule has 0 saturated carbocycles. The van der Waals surface area contributed by atoms with E-state index in [1.54, 1.807) is 31.6 Å². The molecule has 1 aliphatic heterocycles. The van der Waals surface area contributed by atoms with Gasteiger partial charge in [-0.3, -0.25) is 9.36 Å². The molecule has 0 saturated heterocycles. The van der Waals surface area contributed by atoms with Crippen molar-refractivity contribution in [3.8, 4) is 5.75 Å². The minimum absolute atomic E-state index is 0.198. The van der Waals surface area contributed by atoms with Crippen LogP contribution in [0.25, 0.3) is 17.0 Å². The van der Waals surface area contributed by atoms with E-state index < -0.39 is 12.0 Å². The first-order valence-electron chi connectivity index (χ1n) is 13.6. The van der Waals surface area contributed by atoms with Gasteiger partial charge in [0.15, 0.2) is 4.80 Å². The van der Waals surface area contributed by atoms with Gasteiger partial charge in [0, 0.05) is 44.8 Å². The van der Waals surface area contributed by atoms with E-state index in [-0.39, 0.29) is 12.2 Å². The molecule has 0 spiro atoms. The van der Waals surface area contributed by atoms with Crippen molar-refractivity contribution < 1.29 is 14.3 Å². The molecule has 1 aliphatic rings. The molecule has 5 aromatic rings. The van der Waals surface area contributed by atoms with Crippen molar-refractivity contribution in [1.82, 2.24) is 9.13 Å². The van der Waals surface area contributed by atoms with Crippen LogP contribution in [0.4, 0.5) is 0 Å². The second-order valence-electron chi connectivity index (χ2n) is 10.0. The Bertz CT molecular complexity index is 2110. The molecule has 10 heteroatoms. The van der Waals surface area contributed by atoms with E-state index in [2.05, 4.69) is 4.57 Å². The first-order valence-corrected chi connectivity index (χ1v) is 15.2. The van der Waals surface area contributed by atoms with Crippen molar-refractivity contribution in [2.75, 3.05) is 13.7 Å². The number of fused-ring (bicyclic) bond motifs is 2. The number of rotatable bonds is 7. The SMILES string of the molecule is CCOC(=O)C1=C(C)N=c2sc(=Cc3cn(Cc4ccc(Cl)cc4Cl)c4ccccc34)c(=O)n2[C@@H]1c1ccccc1OC. The Labute approximate surface area is 261 Å². The Morgan fingerprint density at radius 3 is 2.63 bits per heavy atom. The van der Waals surface area contributed by atoms with Crippen molar-refractivity contribution in [3.05, 3.63) is 131 Å². The summed E-state index contributed by atoms with van der Waals surface area (Å²) in [5.74, 6) is 0.0420. The summed E-state index contributed by atoms with van der Waals surface area (Å²) in [5, 5.41) is 2.15. The summed E-state index contributed by atoms with van der Waals surface area (Å²) in [7, 11) is 1.57. The highest BCUT2D eigenvalue weighted by Crippen LogP contribution is 2.35. The third-order valence-corrected chi connectivity index (χ3v) is 8.98. The molecule has 3 heterocycles. The molecule has 3 aromatic carbocycles. The van der Waals surface area contributed by atoms with Gasteiger partial charge in [0.05, 0.1) is 29.5 Å². The number of aromatic nitrogens is 2.